The fraction of sp³-hybridized carbons (Fsp3) is 0.531. The Hall–Kier alpha value is -2.01. The fourth-order valence-electron chi connectivity index (χ4n) is 3.97. The number of allylic oxidation sites excluding steroid dienone is 4. The topological polar surface area (TPSA) is 46.5 Å². The van der Waals surface area contributed by atoms with E-state index in [-0.39, 0.29) is 17.1 Å². The summed E-state index contributed by atoms with van der Waals surface area (Å²) in [6, 6.07) is 10.7. The van der Waals surface area contributed by atoms with E-state index in [2.05, 4.69) is 97.1 Å². The average molecular weight is 511 g/mol. The molecule has 1 rings (SSSR count). The summed E-state index contributed by atoms with van der Waals surface area (Å²) in [6.45, 7) is 20.1. The first kappa shape index (κ1) is 32.0. The SMILES string of the molecule is C/C(=C\[C@@H](C)[C@@H](O[Si](C)(C)C(C)(C)C)/C(C)=C/[C@@H](C)CCc1ccccc1)C(O)C/C=C/C=C/C=O. The van der Waals surface area contributed by atoms with Gasteiger partial charge >= 0.3 is 0 Å². The number of aliphatic hydroxyl groups is 1. The summed E-state index contributed by atoms with van der Waals surface area (Å²) < 4.78 is 6.98. The Labute approximate surface area is 222 Å². The third-order valence-electron chi connectivity index (χ3n) is 7.28. The summed E-state index contributed by atoms with van der Waals surface area (Å²) in [5.74, 6) is 0.577. The molecule has 1 N–H and O–H groups in total. The van der Waals surface area contributed by atoms with Crippen LogP contribution in [0.3, 0.4) is 0 Å². The number of carbonyl (C=O) groups is 1. The van der Waals surface area contributed by atoms with Crippen molar-refractivity contribution in [3.8, 4) is 0 Å². The van der Waals surface area contributed by atoms with Gasteiger partial charge in [-0.15, -0.1) is 0 Å². The second kappa shape index (κ2) is 15.3. The standard InChI is InChI=1S/C32H50O3Si/c1-25(20-21-29-17-13-12-14-18-29)23-27(3)31(35-36(8,9)32(5,6)7)28(4)24-26(2)30(34)19-15-10-11-16-22-33/h10-18,22-25,28,30-31,34H,19-21H2,1-9H3/b15-10+,16-11+,26-24+,27-23+/t25-,28+,30?,31-/m0/s1. The fourth-order valence-corrected chi connectivity index (χ4v) is 5.36. The molecule has 4 heteroatoms. The maximum atomic E-state index is 10.7. The molecule has 0 heterocycles. The van der Waals surface area contributed by atoms with Gasteiger partial charge in [0.25, 0.3) is 0 Å². The predicted molar refractivity (Wildman–Crippen MR) is 158 cm³/mol. The molecule has 0 saturated carbocycles. The summed E-state index contributed by atoms with van der Waals surface area (Å²) in [5, 5.41) is 10.8. The second-order valence-corrected chi connectivity index (χ2v) is 16.4. The molecule has 36 heavy (non-hydrogen) atoms. The summed E-state index contributed by atoms with van der Waals surface area (Å²) in [4.78, 5) is 10.4. The lowest BCUT2D eigenvalue weighted by molar-refractivity contribution is -0.104. The van der Waals surface area contributed by atoms with Gasteiger partial charge in [-0.3, -0.25) is 4.79 Å². The molecule has 4 atom stereocenters. The first-order valence-corrected chi connectivity index (χ1v) is 16.2. The van der Waals surface area contributed by atoms with Crippen molar-refractivity contribution in [3.05, 3.63) is 83.5 Å². The summed E-state index contributed by atoms with van der Waals surface area (Å²) in [5.41, 5.74) is 3.59. The van der Waals surface area contributed by atoms with Gasteiger partial charge in [0, 0.05) is 5.92 Å². The molecule has 0 aromatic heterocycles. The van der Waals surface area contributed by atoms with Crippen LogP contribution in [0.25, 0.3) is 0 Å². The molecule has 0 aliphatic rings. The highest BCUT2D eigenvalue weighted by Crippen LogP contribution is 2.39. The quantitative estimate of drug-likeness (QED) is 0.0901. The van der Waals surface area contributed by atoms with E-state index in [1.807, 2.05) is 13.0 Å². The van der Waals surface area contributed by atoms with Gasteiger partial charge in [-0.25, -0.2) is 0 Å². The van der Waals surface area contributed by atoms with Crippen LogP contribution in [-0.2, 0) is 15.6 Å². The molecule has 3 nitrogen and oxygen atoms in total. The molecule has 1 unspecified atom stereocenters. The number of aliphatic hydroxyl groups excluding tert-OH is 1. The Morgan fingerprint density at radius 3 is 2.22 bits per heavy atom. The van der Waals surface area contributed by atoms with Crippen molar-refractivity contribution in [3.63, 3.8) is 0 Å². The van der Waals surface area contributed by atoms with Gasteiger partial charge in [0.05, 0.1) is 12.2 Å². The highest BCUT2D eigenvalue weighted by molar-refractivity contribution is 6.74. The molecule has 0 aliphatic heterocycles. The minimum absolute atomic E-state index is 0.0294. The zero-order valence-corrected chi connectivity index (χ0v) is 25.1. The van der Waals surface area contributed by atoms with Gasteiger partial charge in [0.15, 0.2) is 8.32 Å². The largest absolute Gasteiger partial charge is 0.410 e. The Balaban J connectivity index is 3.08. The summed E-state index contributed by atoms with van der Waals surface area (Å²) in [7, 11) is -2.01. The number of carbonyl (C=O) groups excluding carboxylic acids is 1. The minimum atomic E-state index is -2.01. The molecule has 0 bridgehead atoms. The van der Waals surface area contributed by atoms with Crippen molar-refractivity contribution in [2.45, 2.75) is 98.1 Å². The molecule has 0 fully saturated rings. The number of aryl methyl sites for hydroxylation is 1. The molecule has 1 aromatic carbocycles. The summed E-state index contributed by atoms with van der Waals surface area (Å²) in [6.07, 6.45) is 14.2. The van der Waals surface area contributed by atoms with E-state index in [0.717, 1.165) is 24.7 Å². The zero-order chi connectivity index (χ0) is 27.4. The Bertz CT molecular complexity index is 903. The molecule has 0 radical (unpaired) electrons. The van der Waals surface area contributed by atoms with E-state index < -0.39 is 14.4 Å². The maximum Gasteiger partial charge on any atom is 0.192 e. The van der Waals surface area contributed by atoms with E-state index in [4.69, 9.17) is 4.43 Å². The highest BCUT2D eigenvalue weighted by atomic mass is 28.4. The van der Waals surface area contributed by atoms with Crippen molar-refractivity contribution >= 4 is 14.6 Å². The first-order valence-electron chi connectivity index (χ1n) is 13.3. The highest BCUT2D eigenvalue weighted by Gasteiger charge is 2.40. The molecular weight excluding hydrogens is 460 g/mol. The lowest BCUT2D eigenvalue weighted by atomic mass is 9.91. The van der Waals surface area contributed by atoms with Gasteiger partial charge < -0.3 is 9.53 Å². The van der Waals surface area contributed by atoms with Crippen LogP contribution in [0.15, 0.2) is 77.9 Å². The van der Waals surface area contributed by atoms with Crippen LogP contribution < -0.4 is 0 Å². The molecule has 200 valence electrons. The number of hydrogen-bond donors (Lipinski definition) is 1. The van der Waals surface area contributed by atoms with E-state index in [0.29, 0.717) is 12.3 Å². The third kappa shape index (κ3) is 11.4. The van der Waals surface area contributed by atoms with Crippen LogP contribution in [0.1, 0.15) is 66.9 Å². The molecular formula is C32H50O3Si. The Kier molecular flexibility index (Phi) is 13.6. The van der Waals surface area contributed by atoms with Gasteiger partial charge in [-0.2, -0.15) is 0 Å². The van der Waals surface area contributed by atoms with E-state index in [1.165, 1.54) is 17.2 Å². The zero-order valence-electron chi connectivity index (χ0n) is 24.1. The molecule has 1 aromatic rings. The third-order valence-corrected chi connectivity index (χ3v) is 11.7. The van der Waals surface area contributed by atoms with Crippen LogP contribution in [-0.4, -0.2) is 31.9 Å². The number of benzene rings is 1. The lowest BCUT2D eigenvalue weighted by Crippen LogP contribution is -2.45. The monoisotopic (exact) mass is 510 g/mol. The molecule has 0 amide bonds. The van der Waals surface area contributed by atoms with Crippen molar-refractivity contribution < 1.29 is 14.3 Å². The van der Waals surface area contributed by atoms with E-state index >= 15 is 0 Å². The smallest absolute Gasteiger partial charge is 0.192 e. The predicted octanol–water partition coefficient (Wildman–Crippen LogP) is 8.24. The molecule has 0 spiro atoms. The second-order valence-electron chi connectivity index (χ2n) is 11.7. The van der Waals surface area contributed by atoms with Gasteiger partial charge in [-0.05, 0) is 79.9 Å². The lowest BCUT2D eigenvalue weighted by Gasteiger charge is -2.41. The summed E-state index contributed by atoms with van der Waals surface area (Å²) >= 11 is 0. The first-order chi connectivity index (χ1) is 16.8. The van der Waals surface area contributed by atoms with Crippen LogP contribution in [0.5, 0.6) is 0 Å². The average Bonchev–Trinajstić information content (AvgIpc) is 2.80. The Morgan fingerprint density at radius 1 is 1.00 bits per heavy atom. The molecule has 0 saturated heterocycles. The number of hydrogen-bond acceptors (Lipinski definition) is 3. The van der Waals surface area contributed by atoms with Crippen molar-refractivity contribution in [2.75, 3.05) is 0 Å². The maximum absolute atomic E-state index is 10.7. The normalized spacial score (nSPS) is 17.4. The molecule has 0 aliphatic carbocycles. The minimum Gasteiger partial charge on any atom is -0.410 e. The van der Waals surface area contributed by atoms with Crippen molar-refractivity contribution in [2.24, 2.45) is 11.8 Å². The number of rotatable bonds is 14. The van der Waals surface area contributed by atoms with E-state index in [1.54, 1.807) is 12.2 Å². The van der Waals surface area contributed by atoms with Crippen molar-refractivity contribution in [1.29, 1.82) is 0 Å². The van der Waals surface area contributed by atoms with Gasteiger partial charge in [0.1, 0.15) is 6.29 Å². The van der Waals surface area contributed by atoms with Gasteiger partial charge in [-0.1, -0.05) is 95.3 Å². The van der Waals surface area contributed by atoms with Crippen LogP contribution in [0.4, 0.5) is 0 Å². The van der Waals surface area contributed by atoms with Crippen LogP contribution in [0, 0.1) is 11.8 Å². The number of aldehydes is 1. The van der Waals surface area contributed by atoms with E-state index in [9.17, 15) is 9.90 Å². The van der Waals surface area contributed by atoms with Crippen LogP contribution >= 0.6 is 0 Å². The van der Waals surface area contributed by atoms with Crippen molar-refractivity contribution in [1.82, 2.24) is 0 Å². The Morgan fingerprint density at radius 2 is 1.64 bits per heavy atom. The van der Waals surface area contributed by atoms with Crippen LogP contribution in [0.2, 0.25) is 18.1 Å². The van der Waals surface area contributed by atoms with Gasteiger partial charge in [0.2, 0.25) is 0 Å².